The number of ether oxygens (including phenoxy) is 6. The van der Waals surface area contributed by atoms with Crippen LogP contribution >= 0.6 is 22.9 Å². The minimum atomic E-state index is -1.18. The molecule has 4 rings (SSSR count). The van der Waals surface area contributed by atoms with Gasteiger partial charge in [-0.1, -0.05) is 29.0 Å². The van der Waals surface area contributed by atoms with Crippen LogP contribution in [0.1, 0.15) is 44.9 Å². The number of fused-ring (bicyclic) bond motifs is 1. The number of hydrogen-bond donors (Lipinski definition) is 1. The molecule has 3 aromatic rings. The number of thiazole rings is 1. The molecule has 0 aliphatic carbocycles. The van der Waals surface area contributed by atoms with Crippen LogP contribution in [0, 0.1) is 0 Å². The van der Waals surface area contributed by atoms with Crippen LogP contribution in [0.5, 0.6) is 23.0 Å². The lowest BCUT2D eigenvalue weighted by Crippen LogP contribution is -2.40. The Hall–Kier alpha value is -4.82. The largest absolute Gasteiger partial charge is 0.490 e. The summed E-state index contributed by atoms with van der Waals surface area (Å²) in [5.74, 6) is -1.57. The smallest absolute Gasteiger partial charge is 0.343 e. The zero-order valence-corrected chi connectivity index (χ0v) is 27.9. The van der Waals surface area contributed by atoms with E-state index in [1.54, 1.807) is 58.0 Å². The maximum atomic E-state index is 14.1. The van der Waals surface area contributed by atoms with E-state index in [1.807, 2.05) is 0 Å². The van der Waals surface area contributed by atoms with Gasteiger partial charge in [-0.3, -0.25) is 9.36 Å². The number of aromatic nitrogens is 1. The van der Waals surface area contributed by atoms with E-state index in [9.17, 15) is 19.2 Å². The molecule has 0 radical (unpaired) electrons. The Morgan fingerprint density at radius 3 is 2.36 bits per heavy atom. The highest BCUT2D eigenvalue weighted by Crippen LogP contribution is 2.38. The lowest BCUT2D eigenvalue weighted by molar-refractivity contribution is -0.143. The summed E-state index contributed by atoms with van der Waals surface area (Å²) in [6.07, 6.45) is 1.59. The van der Waals surface area contributed by atoms with Crippen molar-refractivity contribution in [1.82, 2.24) is 4.57 Å². The number of benzene rings is 2. The number of aliphatic carboxylic acids is 1. The van der Waals surface area contributed by atoms with Gasteiger partial charge in [-0.05, 0) is 69.2 Å². The second-order valence-electron chi connectivity index (χ2n) is 9.75. The normalized spacial score (nSPS) is 14.2. The summed E-state index contributed by atoms with van der Waals surface area (Å²) < 4.78 is 34.1. The van der Waals surface area contributed by atoms with E-state index < -0.39 is 36.1 Å². The number of allylic oxidation sites excluding steroid dienone is 1. The summed E-state index contributed by atoms with van der Waals surface area (Å²) >= 11 is 7.55. The van der Waals surface area contributed by atoms with Gasteiger partial charge in [-0.2, -0.15) is 0 Å². The Bertz CT molecular complexity index is 1900. The number of carboxylic acid groups (broad SMARTS) is 1. The summed E-state index contributed by atoms with van der Waals surface area (Å²) in [6.45, 7) is 6.52. The Kier molecular flexibility index (Phi) is 11.7. The van der Waals surface area contributed by atoms with Gasteiger partial charge in [0.15, 0.2) is 41.0 Å². The van der Waals surface area contributed by atoms with E-state index in [4.69, 9.17) is 40.4 Å². The fourth-order valence-electron chi connectivity index (χ4n) is 4.74. The quantitative estimate of drug-likeness (QED) is 0.248. The van der Waals surface area contributed by atoms with Crippen molar-refractivity contribution in [3.63, 3.8) is 0 Å². The van der Waals surface area contributed by atoms with Gasteiger partial charge in [0.05, 0.1) is 53.8 Å². The van der Waals surface area contributed by atoms with Crippen molar-refractivity contribution in [2.24, 2.45) is 4.99 Å². The van der Waals surface area contributed by atoms with E-state index in [0.717, 1.165) is 11.3 Å². The first-order valence-corrected chi connectivity index (χ1v) is 15.7. The minimum Gasteiger partial charge on any atom is -0.490 e. The standard InChI is InChI=1S/C32H33ClN2O11S/c1-6-42-22-14-19(9-10-21(22)45-16-26(38)41-5)28-27(31(40)44-8-3)17(4)34-32-35(28)30(39)24(47-32)13-18-11-20(33)29(46-15-25(36)37)23(12-18)43-7-2/h9-14,28H,6-8,15-16H2,1-5H3,(H,36,37)/b24-13-/t28-/m0/s1. The Labute approximate surface area is 278 Å². The summed E-state index contributed by atoms with van der Waals surface area (Å²) in [4.78, 5) is 55.1. The van der Waals surface area contributed by atoms with Crippen LogP contribution in [0.15, 0.2) is 51.4 Å². The number of carbonyl (C=O) groups is 3. The Balaban J connectivity index is 1.88. The molecule has 1 aromatic heterocycles. The van der Waals surface area contributed by atoms with Crippen LogP contribution in [0.2, 0.25) is 5.02 Å². The van der Waals surface area contributed by atoms with Crippen molar-refractivity contribution < 1.29 is 47.9 Å². The SMILES string of the molecule is CCOC(=O)C1=C(C)N=c2s/c(=C\c3cc(Cl)c(OCC(=O)O)c(OCC)c3)c(=O)n2[C@H]1c1ccc(OCC(=O)OC)c(OCC)c1. The van der Waals surface area contributed by atoms with Crippen molar-refractivity contribution in [3.05, 3.63) is 77.4 Å². The molecule has 2 aromatic carbocycles. The van der Waals surface area contributed by atoms with E-state index in [1.165, 1.54) is 17.7 Å². The number of hydrogen-bond acceptors (Lipinski definition) is 12. The number of esters is 2. The summed E-state index contributed by atoms with van der Waals surface area (Å²) in [7, 11) is 1.25. The maximum Gasteiger partial charge on any atom is 0.343 e. The van der Waals surface area contributed by atoms with Crippen LogP contribution in [0.4, 0.5) is 0 Å². The summed E-state index contributed by atoms with van der Waals surface area (Å²) in [5, 5.41) is 9.13. The molecule has 0 saturated heterocycles. The highest BCUT2D eigenvalue weighted by molar-refractivity contribution is 7.07. The molecule has 0 fully saturated rings. The van der Waals surface area contributed by atoms with Gasteiger partial charge in [-0.15, -0.1) is 0 Å². The number of methoxy groups -OCH3 is 1. The molecular weight excluding hydrogens is 656 g/mol. The molecular formula is C32H33ClN2O11S. The molecule has 15 heteroatoms. The van der Waals surface area contributed by atoms with Gasteiger partial charge in [-0.25, -0.2) is 19.4 Å². The molecule has 13 nitrogen and oxygen atoms in total. The van der Waals surface area contributed by atoms with E-state index in [-0.39, 0.29) is 64.6 Å². The van der Waals surface area contributed by atoms with Crippen molar-refractivity contribution >= 4 is 46.9 Å². The van der Waals surface area contributed by atoms with Crippen LogP contribution in [0.3, 0.4) is 0 Å². The predicted octanol–water partition coefficient (Wildman–Crippen LogP) is 3.26. The molecule has 0 amide bonds. The maximum absolute atomic E-state index is 14.1. The third kappa shape index (κ3) is 7.95. The van der Waals surface area contributed by atoms with Gasteiger partial charge in [0.1, 0.15) is 0 Å². The minimum absolute atomic E-state index is 0.0633. The van der Waals surface area contributed by atoms with Gasteiger partial charge < -0.3 is 33.5 Å². The molecule has 1 atom stereocenters. The number of carbonyl (C=O) groups excluding carboxylic acids is 2. The molecule has 250 valence electrons. The Morgan fingerprint density at radius 1 is 0.979 bits per heavy atom. The highest BCUT2D eigenvalue weighted by atomic mass is 35.5. The van der Waals surface area contributed by atoms with Crippen LogP contribution in [-0.4, -0.2) is 67.7 Å². The van der Waals surface area contributed by atoms with E-state index in [0.29, 0.717) is 21.6 Å². The number of rotatable bonds is 14. The fraction of sp³-hybridized carbons (Fsp3) is 0.344. The first-order valence-electron chi connectivity index (χ1n) is 14.5. The van der Waals surface area contributed by atoms with Gasteiger partial charge in [0, 0.05) is 0 Å². The molecule has 0 unspecified atom stereocenters. The third-order valence-electron chi connectivity index (χ3n) is 6.64. The van der Waals surface area contributed by atoms with Crippen molar-refractivity contribution in [3.8, 4) is 23.0 Å². The predicted molar refractivity (Wildman–Crippen MR) is 171 cm³/mol. The lowest BCUT2D eigenvalue weighted by Gasteiger charge is -2.25. The highest BCUT2D eigenvalue weighted by Gasteiger charge is 2.34. The van der Waals surface area contributed by atoms with Crippen molar-refractivity contribution in [1.29, 1.82) is 0 Å². The van der Waals surface area contributed by atoms with Crippen molar-refractivity contribution in [2.75, 3.05) is 40.1 Å². The number of nitrogens with zero attached hydrogens (tertiary/aromatic N) is 2. The second-order valence-corrected chi connectivity index (χ2v) is 11.2. The average molecular weight is 689 g/mol. The zero-order chi connectivity index (χ0) is 34.2. The van der Waals surface area contributed by atoms with Gasteiger partial charge in [0.25, 0.3) is 5.56 Å². The molecule has 0 saturated carbocycles. The van der Waals surface area contributed by atoms with Gasteiger partial charge in [0.2, 0.25) is 0 Å². The summed E-state index contributed by atoms with van der Waals surface area (Å²) in [6, 6.07) is 7.05. The molecule has 1 aliphatic heterocycles. The molecule has 2 heterocycles. The molecule has 0 spiro atoms. The third-order valence-corrected chi connectivity index (χ3v) is 7.91. The molecule has 1 aliphatic rings. The molecule has 1 N–H and O–H groups in total. The topological polar surface area (TPSA) is 161 Å². The Morgan fingerprint density at radius 2 is 1.70 bits per heavy atom. The van der Waals surface area contributed by atoms with Crippen LogP contribution < -0.4 is 33.8 Å². The van der Waals surface area contributed by atoms with E-state index in [2.05, 4.69) is 9.73 Å². The molecule has 0 bridgehead atoms. The zero-order valence-electron chi connectivity index (χ0n) is 26.3. The monoisotopic (exact) mass is 688 g/mol. The fourth-order valence-corrected chi connectivity index (χ4v) is 6.06. The van der Waals surface area contributed by atoms with Crippen molar-refractivity contribution in [2.45, 2.75) is 33.7 Å². The first-order chi connectivity index (χ1) is 22.5. The van der Waals surface area contributed by atoms with Crippen LogP contribution in [0.25, 0.3) is 6.08 Å². The van der Waals surface area contributed by atoms with Crippen LogP contribution in [-0.2, 0) is 23.9 Å². The van der Waals surface area contributed by atoms with Gasteiger partial charge >= 0.3 is 17.9 Å². The first kappa shape index (κ1) is 35.0. The number of halogens is 1. The van der Waals surface area contributed by atoms with E-state index >= 15 is 0 Å². The average Bonchev–Trinajstić information content (AvgIpc) is 3.32. The summed E-state index contributed by atoms with van der Waals surface area (Å²) in [5.41, 5.74) is 1.07. The number of carboxylic acids is 1. The second kappa shape index (κ2) is 15.6. The lowest BCUT2D eigenvalue weighted by atomic mass is 9.95. The molecule has 47 heavy (non-hydrogen) atoms.